The monoisotopic (exact) mass is 466 g/mol. The Hall–Kier alpha value is -3.78. The molecule has 0 spiro atoms. The third kappa shape index (κ3) is 6.85. The molecule has 2 amide bonds. The van der Waals surface area contributed by atoms with Crippen molar-refractivity contribution in [1.82, 2.24) is 5.32 Å². The van der Waals surface area contributed by atoms with Crippen LogP contribution in [-0.4, -0.2) is 33.1 Å². The first-order chi connectivity index (χ1) is 16.0. The van der Waals surface area contributed by atoms with Gasteiger partial charge in [-0.3, -0.25) is 9.59 Å². The molecule has 0 aliphatic rings. The topological polar surface area (TPSA) is 85.9 Å². The Morgan fingerprint density at radius 2 is 1.67 bits per heavy atom. The number of hydrogen-bond acceptors (Lipinski definition) is 6. The summed E-state index contributed by atoms with van der Waals surface area (Å²) >= 11 is 1.61. The zero-order chi connectivity index (χ0) is 23.6. The number of methoxy groups -OCH3 is 3. The highest BCUT2D eigenvalue weighted by atomic mass is 32.1. The van der Waals surface area contributed by atoms with E-state index in [-0.39, 0.29) is 18.2 Å². The lowest BCUT2D eigenvalue weighted by Crippen LogP contribution is -2.24. The van der Waals surface area contributed by atoms with E-state index in [0.29, 0.717) is 29.5 Å². The van der Waals surface area contributed by atoms with Crippen LogP contribution >= 0.6 is 11.3 Å². The molecule has 3 aromatic rings. The molecule has 0 atom stereocenters. The predicted octanol–water partition coefficient (Wildman–Crippen LogP) is 4.28. The van der Waals surface area contributed by atoms with Crippen molar-refractivity contribution in [1.29, 1.82) is 0 Å². The number of thiophene rings is 1. The third-order valence-electron chi connectivity index (χ3n) is 4.74. The van der Waals surface area contributed by atoms with Crippen LogP contribution in [0.2, 0.25) is 0 Å². The van der Waals surface area contributed by atoms with Crippen molar-refractivity contribution in [3.63, 3.8) is 0 Å². The van der Waals surface area contributed by atoms with Crippen LogP contribution in [0.15, 0.2) is 60.0 Å². The molecule has 33 heavy (non-hydrogen) atoms. The number of hydrogen-bond donors (Lipinski definition) is 2. The largest absolute Gasteiger partial charge is 0.493 e. The number of carbonyl (C=O) groups excluding carboxylic acids is 2. The van der Waals surface area contributed by atoms with E-state index in [0.717, 1.165) is 16.0 Å². The molecule has 0 radical (unpaired) electrons. The van der Waals surface area contributed by atoms with E-state index in [9.17, 15) is 9.59 Å². The van der Waals surface area contributed by atoms with Gasteiger partial charge in [0.05, 0.1) is 34.3 Å². The van der Waals surface area contributed by atoms with Crippen molar-refractivity contribution in [2.75, 3.05) is 26.6 Å². The van der Waals surface area contributed by atoms with Crippen LogP contribution in [0, 0.1) is 0 Å². The van der Waals surface area contributed by atoms with Crippen LogP contribution in [0.25, 0.3) is 6.08 Å². The first-order valence-electron chi connectivity index (χ1n) is 10.2. The maximum Gasteiger partial charge on any atom is 0.248 e. The summed E-state index contributed by atoms with van der Waals surface area (Å²) in [4.78, 5) is 25.6. The van der Waals surface area contributed by atoms with Crippen molar-refractivity contribution in [2.24, 2.45) is 0 Å². The molecule has 1 heterocycles. The van der Waals surface area contributed by atoms with E-state index in [4.69, 9.17) is 14.2 Å². The minimum atomic E-state index is -0.287. The lowest BCUT2D eigenvalue weighted by molar-refractivity contribution is -0.120. The summed E-state index contributed by atoms with van der Waals surface area (Å²) < 4.78 is 16.0. The Labute approximate surface area is 197 Å². The fraction of sp³-hybridized carbons (Fsp3) is 0.200. The minimum absolute atomic E-state index is 0.0477. The number of amides is 2. The van der Waals surface area contributed by atoms with Crippen molar-refractivity contribution in [3.05, 3.63) is 76.0 Å². The third-order valence-corrected chi connectivity index (χ3v) is 5.62. The lowest BCUT2D eigenvalue weighted by Gasteiger charge is -2.12. The Morgan fingerprint density at radius 3 is 2.24 bits per heavy atom. The van der Waals surface area contributed by atoms with Crippen LogP contribution in [0.5, 0.6) is 17.2 Å². The SMILES string of the molecule is COc1cc(/C=C/C(=O)Nc2ccc(CC(=O)NCc3cccs3)cc2)cc(OC)c1OC. The van der Waals surface area contributed by atoms with Crippen LogP contribution in [0.4, 0.5) is 5.69 Å². The van der Waals surface area contributed by atoms with Gasteiger partial charge in [-0.1, -0.05) is 18.2 Å². The second-order valence-corrected chi connectivity index (χ2v) is 8.04. The zero-order valence-electron chi connectivity index (χ0n) is 18.7. The van der Waals surface area contributed by atoms with Gasteiger partial charge in [0, 0.05) is 16.6 Å². The van der Waals surface area contributed by atoms with Gasteiger partial charge >= 0.3 is 0 Å². The van der Waals surface area contributed by atoms with E-state index < -0.39 is 0 Å². The second-order valence-electron chi connectivity index (χ2n) is 7.01. The lowest BCUT2D eigenvalue weighted by atomic mass is 10.1. The number of rotatable bonds is 10. The number of ether oxygens (including phenoxy) is 3. The number of nitrogens with one attached hydrogen (secondary N) is 2. The summed E-state index contributed by atoms with van der Waals surface area (Å²) in [5, 5.41) is 7.69. The van der Waals surface area contributed by atoms with Crippen LogP contribution in [0.1, 0.15) is 16.0 Å². The normalized spacial score (nSPS) is 10.6. The summed E-state index contributed by atoms with van der Waals surface area (Å²) in [5.74, 6) is 1.17. The number of carbonyl (C=O) groups is 2. The summed E-state index contributed by atoms with van der Waals surface area (Å²) in [6, 6.07) is 14.6. The smallest absolute Gasteiger partial charge is 0.248 e. The molecule has 2 aromatic carbocycles. The molecular weight excluding hydrogens is 440 g/mol. The highest BCUT2D eigenvalue weighted by molar-refractivity contribution is 7.09. The van der Waals surface area contributed by atoms with E-state index in [2.05, 4.69) is 10.6 Å². The molecular formula is C25H26N2O5S. The first-order valence-corrected chi connectivity index (χ1v) is 11.1. The second kappa shape index (κ2) is 11.7. The van der Waals surface area contributed by atoms with Crippen LogP contribution < -0.4 is 24.8 Å². The summed E-state index contributed by atoms with van der Waals surface area (Å²) in [5.41, 5.74) is 2.23. The van der Waals surface area contributed by atoms with Gasteiger partial charge in [0.25, 0.3) is 0 Å². The van der Waals surface area contributed by atoms with Gasteiger partial charge in [-0.25, -0.2) is 0 Å². The maximum absolute atomic E-state index is 12.3. The van der Waals surface area contributed by atoms with Gasteiger partial charge in [-0.2, -0.15) is 0 Å². The van der Waals surface area contributed by atoms with E-state index >= 15 is 0 Å². The molecule has 0 fully saturated rings. The molecule has 3 rings (SSSR count). The molecule has 0 saturated carbocycles. The molecule has 0 bridgehead atoms. The van der Waals surface area contributed by atoms with E-state index in [1.165, 1.54) is 27.4 Å². The summed E-state index contributed by atoms with van der Waals surface area (Å²) in [6.07, 6.45) is 3.36. The highest BCUT2D eigenvalue weighted by Gasteiger charge is 2.12. The van der Waals surface area contributed by atoms with Gasteiger partial charge in [-0.15, -0.1) is 11.3 Å². The van der Waals surface area contributed by atoms with E-state index in [1.54, 1.807) is 41.7 Å². The summed E-state index contributed by atoms with van der Waals surface area (Å²) in [6.45, 7) is 0.531. The molecule has 7 nitrogen and oxygen atoms in total. The van der Waals surface area contributed by atoms with Crippen molar-refractivity contribution >= 4 is 34.9 Å². The van der Waals surface area contributed by atoms with Crippen LogP contribution in [-0.2, 0) is 22.6 Å². The number of benzene rings is 2. The van der Waals surface area contributed by atoms with Gasteiger partial charge in [0.1, 0.15) is 0 Å². The quantitative estimate of drug-likeness (QED) is 0.436. The Bertz CT molecular complexity index is 1080. The minimum Gasteiger partial charge on any atom is -0.493 e. The molecule has 8 heteroatoms. The molecule has 172 valence electrons. The van der Waals surface area contributed by atoms with Gasteiger partial charge in [0.15, 0.2) is 11.5 Å². The maximum atomic E-state index is 12.3. The Morgan fingerprint density at radius 1 is 0.970 bits per heavy atom. The average Bonchev–Trinajstić information content (AvgIpc) is 3.35. The highest BCUT2D eigenvalue weighted by Crippen LogP contribution is 2.38. The van der Waals surface area contributed by atoms with Gasteiger partial charge in [-0.05, 0) is 52.9 Å². The van der Waals surface area contributed by atoms with E-state index in [1.807, 2.05) is 29.6 Å². The fourth-order valence-corrected chi connectivity index (χ4v) is 3.75. The number of anilines is 1. The van der Waals surface area contributed by atoms with Crippen molar-refractivity contribution in [3.8, 4) is 17.2 Å². The standard InChI is InChI=1S/C25H26N2O5S/c1-30-21-13-18(14-22(31-2)25(21)32-3)8-11-23(28)27-19-9-6-17(7-10-19)15-24(29)26-16-20-5-4-12-33-20/h4-14H,15-16H2,1-3H3,(H,26,29)(H,27,28)/b11-8+. The van der Waals surface area contributed by atoms with Crippen LogP contribution in [0.3, 0.4) is 0 Å². The molecule has 0 unspecified atom stereocenters. The first kappa shape index (κ1) is 23.9. The molecule has 0 aliphatic carbocycles. The average molecular weight is 467 g/mol. The van der Waals surface area contributed by atoms with Crippen molar-refractivity contribution < 1.29 is 23.8 Å². The molecule has 0 saturated heterocycles. The molecule has 2 N–H and O–H groups in total. The fourth-order valence-electron chi connectivity index (χ4n) is 3.11. The van der Waals surface area contributed by atoms with Gasteiger partial charge < -0.3 is 24.8 Å². The molecule has 0 aliphatic heterocycles. The Kier molecular flexibility index (Phi) is 8.49. The summed E-state index contributed by atoms with van der Waals surface area (Å²) in [7, 11) is 4.61. The Balaban J connectivity index is 1.55. The van der Waals surface area contributed by atoms with Crippen molar-refractivity contribution in [2.45, 2.75) is 13.0 Å². The van der Waals surface area contributed by atoms with Gasteiger partial charge in [0.2, 0.25) is 17.6 Å². The zero-order valence-corrected chi connectivity index (χ0v) is 19.5. The molecule has 1 aromatic heterocycles. The predicted molar refractivity (Wildman–Crippen MR) is 130 cm³/mol.